The first-order valence-electron chi connectivity index (χ1n) is 7.23. The van der Waals surface area contributed by atoms with Crippen LogP contribution in [0.15, 0.2) is 24.3 Å². The zero-order valence-corrected chi connectivity index (χ0v) is 13.5. The molecule has 1 fully saturated rings. The van der Waals surface area contributed by atoms with E-state index in [1.165, 1.54) is 25.7 Å². The molecule has 2 rings (SSSR count). The predicted molar refractivity (Wildman–Crippen MR) is 84.6 cm³/mol. The molecule has 110 valence electrons. The van der Waals surface area contributed by atoms with E-state index in [0.29, 0.717) is 23.1 Å². The summed E-state index contributed by atoms with van der Waals surface area (Å²) in [4.78, 5) is 12.3. The van der Waals surface area contributed by atoms with E-state index in [9.17, 15) is 4.79 Å². The molecule has 0 bridgehead atoms. The average molecular weight is 340 g/mol. The number of carbonyl (C=O) groups excluding carboxylic acids is 1. The van der Waals surface area contributed by atoms with Crippen molar-refractivity contribution in [2.45, 2.75) is 25.7 Å². The van der Waals surface area contributed by atoms with Gasteiger partial charge in [0.05, 0.1) is 12.7 Å². The summed E-state index contributed by atoms with van der Waals surface area (Å²) >= 11 is 3.59. The molecule has 0 heterocycles. The molecule has 0 saturated heterocycles. The SMILES string of the molecule is COc1ccccc1C(=O)NCC1CCCCC1CBr. The monoisotopic (exact) mass is 339 g/mol. The molecule has 0 aromatic heterocycles. The normalized spacial score (nSPS) is 22.3. The third kappa shape index (κ3) is 3.75. The number of benzene rings is 1. The molecule has 4 heteroatoms. The number of hydrogen-bond acceptors (Lipinski definition) is 2. The Kier molecular flexibility index (Phi) is 5.89. The van der Waals surface area contributed by atoms with Crippen LogP contribution in [0.1, 0.15) is 36.0 Å². The molecular weight excluding hydrogens is 318 g/mol. The van der Waals surface area contributed by atoms with Gasteiger partial charge in [-0.1, -0.05) is 40.9 Å². The second-order valence-electron chi connectivity index (χ2n) is 5.37. The maximum absolute atomic E-state index is 12.3. The molecule has 0 aliphatic heterocycles. The Balaban J connectivity index is 1.94. The molecule has 1 aromatic rings. The number of methoxy groups -OCH3 is 1. The molecule has 3 nitrogen and oxygen atoms in total. The highest BCUT2D eigenvalue weighted by Gasteiger charge is 2.24. The largest absolute Gasteiger partial charge is 0.496 e. The van der Waals surface area contributed by atoms with Gasteiger partial charge in [0, 0.05) is 11.9 Å². The summed E-state index contributed by atoms with van der Waals surface area (Å²) in [6.07, 6.45) is 5.06. The van der Waals surface area contributed by atoms with Gasteiger partial charge in [-0.2, -0.15) is 0 Å². The van der Waals surface area contributed by atoms with E-state index in [4.69, 9.17) is 4.74 Å². The molecule has 1 aliphatic carbocycles. The zero-order valence-electron chi connectivity index (χ0n) is 11.9. The van der Waals surface area contributed by atoms with Crippen molar-refractivity contribution in [1.29, 1.82) is 0 Å². The Hall–Kier alpha value is -1.03. The van der Waals surface area contributed by atoms with Crippen LogP contribution in [0.5, 0.6) is 5.75 Å². The van der Waals surface area contributed by atoms with Gasteiger partial charge < -0.3 is 10.1 Å². The third-order valence-corrected chi connectivity index (χ3v) is 4.97. The number of amides is 1. The minimum Gasteiger partial charge on any atom is -0.496 e. The van der Waals surface area contributed by atoms with Gasteiger partial charge in [0.1, 0.15) is 5.75 Å². The summed E-state index contributed by atoms with van der Waals surface area (Å²) in [6, 6.07) is 7.35. The summed E-state index contributed by atoms with van der Waals surface area (Å²) < 4.78 is 5.23. The lowest BCUT2D eigenvalue weighted by Crippen LogP contribution is -2.35. The number of para-hydroxylation sites is 1. The zero-order chi connectivity index (χ0) is 14.4. The fourth-order valence-electron chi connectivity index (χ4n) is 2.91. The predicted octanol–water partition coefficient (Wildman–Crippen LogP) is 3.63. The highest BCUT2D eigenvalue weighted by molar-refractivity contribution is 9.09. The van der Waals surface area contributed by atoms with Gasteiger partial charge in [0.25, 0.3) is 5.91 Å². The van der Waals surface area contributed by atoms with Gasteiger partial charge in [-0.3, -0.25) is 4.79 Å². The standard InChI is InChI=1S/C16H22BrNO2/c1-20-15-9-5-4-8-14(15)16(19)18-11-13-7-3-2-6-12(13)10-17/h4-5,8-9,12-13H,2-3,6-7,10-11H2,1H3,(H,18,19). The summed E-state index contributed by atoms with van der Waals surface area (Å²) in [6.45, 7) is 0.757. The molecule has 20 heavy (non-hydrogen) atoms. The Morgan fingerprint density at radius 3 is 2.70 bits per heavy atom. The second-order valence-corrected chi connectivity index (χ2v) is 6.02. The summed E-state index contributed by atoms with van der Waals surface area (Å²) in [5.41, 5.74) is 0.612. The first-order valence-corrected chi connectivity index (χ1v) is 8.35. The van der Waals surface area contributed by atoms with E-state index >= 15 is 0 Å². The lowest BCUT2D eigenvalue weighted by Gasteiger charge is -2.30. The van der Waals surface area contributed by atoms with Crippen LogP contribution in [0.3, 0.4) is 0 Å². The Labute approximate surface area is 129 Å². The Bertz CT molecular complexity index is 450. The van der Waals surface area contributed by atoms with E-state index in [2.05, 4.69) is 21.2 Å². The number of alkyl halides is 1. The quantitative estimate of drug-likeness (QED) is 0.832. The fourth-order valence-corrected chi connectivity index (χ4v) is 3.76. The Morgan fingerprint density at radius 1 is 1.30 bits per heavy atom. The van der Waals surface area contributed by atoms with Crippen LogP contribution in [0, 0.1) is 11.8 Å². The number of nitrogens with one attached hydrogen (secondary N) is 1. The van der Waals surface area contributed by atoms with Gasteiger partial charge in [-0.25, -0.2) is 0 Å². The summed E-state index contributed by atoms with van der Waals surface area (Å²) in [7, 11) is 1.59. The molecule has 0 radical (unpaired) electrons. The molecule has 1 aliphatic rings. The lowest BCUT2D eigenvalue weighted by molar-refractivity contribution is 0.0934. The van der Waals surface area contributed by atoms with Crippen molar-refractivity contribution in [2.24, 2.45) is 11.8 Å². The van der Waals surface area contributed by atoms with E-state index < -0.39 is 0 Å². The molecule has 1 aromatic carbocycles. The smallest absolute Gasteiger partial charge is 0.255 e. The van der Waals surface area contributed by atoms with Gasteiger partial charge in [0.15, 0.2) is 0 Å². The topological polar surface area (TPSA) is 38.3 Å². The van der Waals surface area contributed by atoms with Gasteiger partial charge >= 0.3 is 0 Å². The van der Waals surface area contributed by atoms with E-state index in [1.807, 2.05) is 18.2 Å². The van der Waals surface area contributed by atoms with Gasteiger partial charge in [-0.15, -0.1) is 0 Å². The maximum atomic E-state index is 12.3. The number of halogens is 1. The number of ether oxygens (including phenoxy) is 1. The first-order chi connectivity index (χ1) is 9.76. The molecular formula is C16H22BrNO2. The molecule has 1 amide bonds. The van der Waals surface area contributed by atoms with Crippen LogP contribution in [0.2, 0.25) is 0 Å². The highest BCUT2D eigenvalue weighted by Crippen LogP contribution is 2.31. The molecule has 0 spiro atoms. The van der Waals surface area contributed by atoms with Crippen molar-refractivity contribution < 1.29 is 9.53 Å². The van der Waals surface area contributed by atoms with Crippen molar-refractivity contribution in [3.8, 4) is 5.75 Å². The molecule has 2 atom stereocenters. The number of rotatable bonds is 5. The van der Waals surface area contributed by atoms with Crippen molar-refractivity contribution in [3.05, 3.63) is 29.8 Å². The first kappa shape index (κ1) is 15.4. The summed E-state index contributed by atoms with van der Waals surface area (Å²) in [5.74, 6) is 1.86. The minimum absolute atomic E-state index is 0.0404. The fraction of sp³-hybridized carbons (Fsp3) is 0.562. The van der Waals surface area contributed by atoms with Crippen molar-refractivity contribution in [2.75, 3.05) is 19.0 Å². The molecule has 2 unspecified atom stereocenters. The van der Waals surface area contributed by atoms with E-state index in [0.717, 1.165) is 11.9 Å². The number of hydrogen-bond donors (Lipinski definition) is 1. The average Bonchev–Trinajstić information content (AvgIpc) is 2.52. The lowest BCUT2D eigenvalue weighted by atomic mass is 9.80. The van der Waals surface area contributed by atoms with E-state index in [-0.39, 0.29) is 5.91 Å². The van der Waals surface area contributed by atoms with E-state index in [1.54, 1.807) is 13.2 Å². The Morgan fingerprint density at radius 2 is 2.00 bits per heavy atom. The van der Waals surface area contributed by atoms with Crippen LogP contribution < -0.4 is 10.1 Å². The van der Waals surface area contributed by atoms with Crippen LogP contribution in [-0.2, 0) is 0 Å². The molecule has 1 N–H and O–H groups in total. The van der Waals surface area contributed by atoms with Crippen LogP contribution in [0.25, 0.3) is 0 Å². The van der Waals surface area contributed by atoms with Crippen molar-refractivity contribution >= 4 is 21.8 Å². The van der Waals surface area contributed by atoms with Gasteiger partial charge in [0.2, 0.25) is 0 Å². The maximum Gasteiger partial charge on any atom is 0.255 e. The van der Waals surface area contributed by atoms with Crippen LogP contribution >= 0.6 is 15.9 Å². The minimum atomic E-state index is -0.0404. The van der Waals surface area contributed by atoms with Crippen molar-refractivity contribution in [3.63, 3.8) is 0 Å². The third-order valence-electron chi connectivity index (χ3n) is 4.14. The second kappa shape index (κ2) is 7.67. The number of carbonyl (C=O) groups is 1. The highest BCUT2D eigenvalue weighted by atomic mass is 79.9. The van der Waals surface area contributed by atoms with Crippen LogP contribution in [0.4, 0.5) is 0 Å². The van der Waals surface area contributed by atoms with Gasteiger partial charge in [-0.05, 0) is 36.8 Å². The molecule has 1 saturated carbocycles. The van der Waals surface area contributed by atoms with Crippen LogP contribution in [-0.4, -0.2) is 24.9 Å². The summed E-state index contributed by atoms with van der Waals surface area (Å²) in [5, 5.41) is 4.10. The van der Waals surface area contributed by atoms with Crippen molar-refractivity contribution in [1.82, 2.24) is 5.32 Å².